The summed E-state index contributed by atoms with van der Waals surface area (Å²) in [5.74, 6) is -2.04. The number of halogens is 2. The highest BCUT2D eigenvalue weighted by atomic mass is 19.1. The summed E-state index contributed by atoms with van der Waals surface area (Å²) in [5.41, 5.74) is 5.60. The Kier molecular flexibility index (Phi) is 2.87. The zero-order valence-electron chi connectivity index (χ0n) is 8.78. The van der Waals surface area contributed by atoms with Crippen LogP contribution in [0.1, 0.15) is 10.4 Å². The van der Waals surface area contributed by atoms with Crippen molar-refractivity contribution >= 4 is 5.91 Å². The Morgan fingerprint density at radius 2 is 1.76 bits per heavy atom. The second-order valence-corrected chi connectivity index (χ2v) is 3.54. The largest absolute Gasteiger partial charge is 0.365 e. The highest BCUT2D eigenvalue weighted by Crippen LogP contribution is 2.25. The summed E-state index contributed by atoms with van der Waals surface area (Å²) in [4.78, 5) is 11.2. The minimum absolute atomic E-state index is 0.224. The molecular weight excluding hydrogens is 224 g/mol. The number of carbonyl (C=O) groups excluding carboxylic acids is 1. The maximum absolute atomic E-state index is 13.5. The molecule has 4 heteroatoms. The quantitative estimate of drug-likeness (QED) is 0.851. The molecule has 0 saturated heterocycles. The van der Waals surface area contributed by atoms with Crippen LogP contribution in [0.25, 0.3) is 11.1 Å². The van der Waals surface area contributed by atoms with Crippen LogP contribution in [0.4, 0.5) is 8.78 Å². The van der Waals surface area contributed by atoms with Gasteiger partial charge >= 0.3 is 0 Å². The molecular formula is C13H9F2NO. The maximum atomic E-state index is 13.5. The SMILES string of the molecule is NC(=O)c1c(F)cccc1-c1cccc(F)c1. The van der Waals surface area contributed by atoms with Crippen LogP contribution in [0.5, 0.6) is 0 Å². The molecule has 0 atom stereocenters. The van der Waals surface area contributed by atoms with Crippen molar-refractivity contribution in [3.05, 3.63) is 59.7 Å². The van der Waals surface area contributed by atoms with Gasteiger partial charge in [0.05, 0.1) is 5.56 Å². The van der Waals surface area contributed by atoms with Crippen LogP contribution in [0.2, 0.25) is 0 Å². The lowest BCUT2D eigenvalue weighted by molar-refractivity contribution is 0.0997. The first-order chi connectivity index (χ1) is 8.09. The smallest absolute Gasteiger partial charge is 0.252 e. The molecule has 17 heavy (non-hydrogen) atoms. The Labute approximate surface area is 96.7 Å². The fraction of sp³-hybridized carbons (Fsp3) is 0. The number of hydrogen-bond donors (Lipinski definition) is 1. The Morgan fingerprint density at radius 3 is 2.41 bits per heavy atom. The van der Waals surface area contributed by atoms with Crippen LogP contribution in [-0.2, 0) is 0 Å². The van der Waals surface area contributed by atoms with Gasteiger partial charge in [0.15, 0.2) is 0 Å². The summed E-state index contributed by atoms with van der Waals surface area (Å²) in [6, 6.07) is 9.68. The number of primary amides is 1. The molecule has 0 radical (unpaired) electrons. The van der Waals surface area contributed by atoms with E-state index in [1.54, 1.807) is 6.07 Å². The Morgan fingerprint density at radius 1 is 1.06 bits per heavy atom. The van der Waals surface area contributed by atoms with Crippen molar-refractivity contribution in [2.45, 2.75) is 0 Å². The molecule has 2 aromatic rings. The lowest BCUT2D eigenvalue weighted by Gasteiger charge is -2.07. The highest BCUT2D eigenvalue weighted by molar-refractivity contribution is 6.00. The molecule has 0 fully saturated rings. The van der Waals surface area contributed by atoms with Gasteiger partial charge in [0.25, 0.3) is 5.91 Å². The molecule has 1 amide bonds. The topological polar surface area (TPSA) is 43.1 Å². The van der Waals surface area contributed by atoms with Gasteiger partial charge in [0.2, 0.25) is 0 Å². The second-order valence-electron chi connectivity index (χ2n) is 3.54. The van der Waals surface area contributed by atoms with Crippen molar-refractivity contribution in [3.63, 3.8) is 0 Å². The Balaban J connectivity index is 2.67. The molecule has 2 rings (SSSR count). The van der Waals surface area contributed by atoms with Crippen molar-refractivity contribution in [1.82, 2.24) is 0 Å². The van der Waals surface area contributed by atoms with Gasteiger partial charge in [-0.3, -0.25) is 4.79 Å². The molecule has 0 spiro atoms. The van der Waals surface area contributed by atoms with E-state index in [1.807, 2.05) is 0 Å². The normalized spacial score (nSPS) is 10.2. The second kappa shape index (κ2) is 4.33. The zero-order valence-corrected chi connectivity index (χ0v) is 8.78. The molecule has 0 aliphatic rings. The molecule has 0 unspecified atom stereocenters. The van der Waals surface area contributed by atoms with Crippen LogP contribution in [0.3, 0.4) is 0 Å². The van der Waals surface area contributed by atoms with E-state index in [2.05, 4.69) is 0 Å². The van der Waals surface area contributed by atoms with Gasteiger partial charge in [0, 0.05) is 0 Å². The lowest BCUT2D eigenvalue weighted by Crippen LogP contribution is -2.14. The van der Waals surface area contributed by atoms with Crippen LogP contribution in [0, 0.1) is 11.6 Å². The molecule has 2 nitrogen and oxygen atoms in total. The number of rotatable bonds is 2. The average molecular weight is 233 g/mol. The third kappa shape index (κ3) is 2.15. The van der Waals surface area contributed by atoms with Gasteiger partial charge < -0.3 is 5.73 Å². The zero-order chi connectivity index (χ0) is 12.4. The van der Waals surface area contributed by atoms with E-state index in [9.17, 15) is 13.6 Å². The molecule has 2 aromatic carbocycles. The van der Waals surface area contributed by atoms with Crippen LogP contribution < -0.4 is 5.73 Å². The summed E-state index contributed by atoms with van der Waals surface area (Å²) in [7, 11) is 0. The lowest BCUT2D eigenvalue weighted by atomic mass is 9.99. The maximum Gasteiger partial charge on any atom is 0.252 e. The summed E-state index contributed by atoms with van der Waals surface area (Å²) in [6.45, 7) is 0. The molecule has 0 aromatic heterocycles. The molecule has 0 heterocycles. The first-order valence-corrected chi connectivity index (χ1v) is 4.94. The molecule has 2 N–H and O–H groups in total. The predicted octanol–water partition coefficient (Wildman–Crippen LogP) is 2.73. The summed E-state index contributed by atoms with van der Waals surface area (Å²) < 4.78 is 26.6. The summed E-state index contributed by atoms with van der Waals surface area (Å²) in [5, 5.41) is 0. The third-order valence-electron chi connectivity index (χ3n) is 2.40. The molecule has 86 valence electrons. The van der Waals surface area contributed by atoms with E-state index in [0.29, 0.717) is 5.56 Å². The summed E-state index contributed by atoms with van der Waals surface area (Å²) >= 11 is 0. The van der Waals surface area contributed by atoms with E-state index in [0.717, 1.165) is 6.07 Å². The van der Waals surface area contributed by atoms with Gasteiger partial charge in [-0.1, -0.05) is 24.3 Å². The van der Waals surface area contributed by atoms with E-state index >= 15 is 0 Å². The molecule has 0 bridgehead atoms. The van der Waals surface area contributed by atoms with E-state index in [-0.39, 0.29) is 11.1 Å². The monoisotopic (exact) mass is 233 g/mol. The first-order valence-electron chi connectivity index (χ1n) is 4.94. The van der Waals surface area contributed by atoms with Gasteiger partial charge in [-0.15, -0.1) is 0 Å². The molecule has 0 aliphatic carbocycles. The van der Waals surface area contributed by atoms with Crippen molar-refractivity contribution in [2.75, 3.05) is 0 Å². The van der Waals surface area contributed by atoms with Gasteiger partial charge in [-0.25, -0.2) is 8.78 Å². The molecule has 0 saturated carbocycles. The number of nitrogens with two attached hydrogens (primary N) is 1. The van der Waals surface area contributed by atoms with Crippen molar-refractivity contribution in [3.8, 4) is 11.1 Å². The van der Waals surface area contributed by atoms with E-state index in [4.69, 9.17) is 5.73 Å². The first kappa shape index (κ1) is 11.3. The number of amides is 1. The van der Waals surface area contributed by atoms with Crippen molar-refractivity contribution in [1.29, 1.82) is 0 Å². The highest BCUT2D eigenvalue weighted by Gasteiger charge is 2.15. The fourth-order valence-corrected chi connectivity index (χ4v) is 1.67. The van der Waals surface area contributed by atoms with Gasteiger partial charge in [-0.2, -0.15) is 0 Å². The minimum Gasteiger partial charge on any atom is -0.365 e. The predicted molar refractivity (Wildman–Crippen MR) is 60.3 cm³/mol. The third-order valence-corrected chi connectivity index (χ3v) is 2.40. The summed E-state index contributed by atoms with van der Waals surface area (Å²) in [6.07, 6.45) is 0. The minimum atomic E-state index is -0.873. The Bertz CT molecular complexity index is 581. The van der Waals surface area contributed by atoms with Crippen LogP contribution in [0.15, 0.2) is 42.5 Å². The van der Waals surface area contributed by atoms with Crippen molar-refractivity contribution < 1.29 is 13.6 Å². The van der Waals surface area contributed by atoms with Crippen LogP contribution >= 0.6 is 0 Å². The van der Waals surface area contributed by atoms with E-state index < -0.39 is 17.5 Å². The molecule has 0 aliphatic heterocycles. The van der Waals surface area contributed by atoms with Gasteiger partial charge in [0.1, 0.15) is 11.6 Å². The number of hydrogen-bond acceptors (Lipinski definition) is 1. The van der Waals surface area contributed by atoms with Gasteiger partial charge in [-0.05, 0) is 29.3 Å². The average Bonchev–Trinajstić information content (AvgIpc) is 2.28. The fourth-order valence-electron chi connectivity index (χ4n) is 1.67. The standard InChI is InChI=1S/C13H9F2NO/c14-9-4-1-3-8(7-9)10-5-2-6-11(15)12(10)13(16)17/h1-7H,(H2,16,17). The van der Waals surface area contributed by atoms with Crippen molar-refractivity contribution in [2.24, 2.45) is 5.73 Å². The Hall–Kier alpha value is -2.23. The van der Waals surface area contributed by atoms with E-state index in [1.165, 1.54) is 30.3 Å². The van der Waals surface area contributed by atoms with Crippen LogP contribution in [-0.4, -0.2) is 5.91 Å². The number of benzene rings is 2. The number of carbonyl (C=O) groups is 1.